The summed E-state index contributed by atoms with van der Waals surface area (Å²) in [6, 6.07) is 9.67. The number of amides is 1. The summed E-state index contributed by atoms with van der Waals surface area (Å²) < 4.78 is 0. The van der Waals surface area contributed by atoms with Crippen molar-refractivity contribution in [2.45, 2.75) is 19.9 Å². The molecule has 0 saturated carbocycles. The van der Waals surface area contributed by atoms with E-state index in [0.717, 1.165) is 5.56 Å². The molecule has 19 heavy (non-hydrogen) atoms. The van der Waals surface area contributed by atoms with Crippen LogP contribution in [0.5, 0.6) is 0 Å². The Kier molecular flexibility index (Phi) is 6.60. The summed E-state index contributed by atoms with van der Waals surface area (Å²) in [4.78, 5) is 24.0. The molecule has 1 aromatic rings. The Labute approximate surface area is 113 Å². The largest absolute Gasteiger partial charge is 0.481 e. The van der Waals surface area contributed by atoms with Gasteiger partial charge in [-0.25, -0.2) is 0 Å². The molecule has 1 rings (SSSR count). The van der Waals surface area contributed by atoms with Crippen molar-refractivity contribution in [2.24, 2.45) is 0 Å². The van der Waals surface area contributed by atoms with E-state index in [1.54, 1.807) is 0 Å². The second-order valence-corrected chi connectivity index (χ2v) is 4.27. The van der Waals surface area contributed by atoms with Crippen LogP contribution in [-0.2, 0) is 16.1 Å². The van der Waals surface area contributed by atoms with Crippen LogP contribution < -0.4 is 5.32 Å². The normalized spacial score (nSPS) is 10.4. The Hall–Kier alpha value is -1.88. The quantitative estimate of drug-likeness (QED) is 0.737. The Morgan fingerprint density at radius 2 is 1.95 bits per heavy atom. The van der Waals surface area contributed by atoms with Crippen molar-refractivity contribution in [1.82, 2.24) is 10.2 Å². The topological polar surface area (TPSA) is 69.6 Å². The summed E-state index contributed by atoms with van der Waals surface area (Å²) in [6.45, 7) is 3.69. The maximum atomic E-state index is 11.7. The van der Waals surface area contributed by atoms with Gasteiger partial charge in [0.15, 0.2) is 0 Å². The molecule has 5 nitrogen and oxygen atoms in total. The number of nitrogens with zero attached hydrogens (tertiary/aromatic N) is 1. The number of hydrogen-bond acceptors (Lipinski definition) is 3. The lowest BCUT2D eigenvalue weighted by atomic mass is 10.2. The number of hydrogen-bond donors (Lipinski definition) is 2. The van der Waals surface area contributed by atoms with Gasteiger partial charge in [-0.1, -0.05) is 37.3 Å². The molecule has 2 N–H and O–H groups in total. The van der Waals surface area contributed by atoms with Crippen molar-refractivity contribution < 1.29 is 14.7 Å². The van der Waals surface area contributed by atoms with Crippen molar-refractivity contribution in [2.75, 3.05) is 19.6 Å². The molecule has 1 amide bonds. The third kappa shape index (κ3) is 6.57. The molecular formula is C14H20N2O3. The van der Waals surface area contributed by atoms with Crippen molar-refractivity contribution in [3.8, 4) is 0 Å². The molecule has 0 fully saturated rings. The van der Waals surface area contributed by atoms with E-state index in [0.29, 0.717) is 19.6 Å². The lowest BCUT2D eigenvalue weighted by Gasteiger charge is -2.18. The smallest absolute Gasteiger partial charge is 0.304 e. The highest BCUT2D eigenvalue weighted by atomic mass is 16.4. The van der Waals surface area contributed by atoms with Crippen LogP contribution in [0.25, 0.3) is 0 Å². The highest BCUT2D eigenvalue weighted by Gasteiger charge is 2.10. The van der Waals surface area contributed by atoms with E-state index in [2.05, 4.69) is 5.32 Å². The first-order valence-electron chi connectivity index (χ1n) is 6.36. The van der Waals surface area contributed by atoms with Crippen LogP contribution in [0, 0.1) is 0 Å². The molecule has 0 aliphatic carbocycles. The minimum atomic E-state index is -0.844. The highest BCUT2D eigenvalue weighted by molar-refractivity contribution is 5.78. The van der Waals surface area contributed by atoms with Crippen LogP contribution in [-0.4, -0.2) is 41.5 Å². The number of carboxylic acids is 1. The standard InChI is InChI=1S/C14H20N2O3/c1-2-16(9-8-14(18)19)11-13(17)15-10-12-6-4-3-5-7-12/h3-7H,2,8-11H2,1H3,(H,15,17)(H,18,19). The number of carbonyl (C=O) groups is 2. The number of carbonyl (C=O) groups excluding carboxylic acids is 1. The van der Waals surface area contributed by atoms with E-state index >= 15 is 0 Å². The number of benzene rings is 1. The third-order valence-corrected chi connectivity index (χ3v) is 2.79. The van der Waals surface area contributed by atoms with Crippen LogP contribution >= 0.6 is 0 Å². The molecule has 0 heterocycles. The van der Waals surface area contributed by atoms with Gasteiger partial charge in [0.1, 0.15) is 0 Å². The van der Waals surface area contributed by atoms with Crippen LogP contribution in [0.15, 0.2) is 30.3 Å². The van der Waals surface area contributed by atoms with Crippen molar-refractivity contribution >= 4 is 11.9 Å². The Morgan fingerprint density at radius 1 is 1.26 bits per heavy atom. The fourth-order valence-corrected chi connectivity index (χ4v) is 1.66. The molecule has 0 spiro atoms. The zero-order chi connectivity index (χ0) is 14.1. The van der Waals surface area contributed by atoms with E-state index in [4.69, 9.17) is 5.11 Å². The maximum Gasteiger partial charge on any atom is 0.304 e. The zero-order valence-corrected chi connectivity index (χ0v) is 11.1. The van der Waals surface area contributed by atoms with E-state index in [1.165, 1.54) is 0 Å². The van der Waals surface area contributed by atoms with E-state index in [1.807, 2.05) is 42.2 Å². The molecule has 0 saturated heterocycles. The second-order valence-electron chi connectivity index (χ2n) is 4.27. The number of nitrogens with one attached hydrogen (secondary N) is 1. The first-order chi connectivity index (χ1) is 9.11. The van der Waals surface area contributed by atoms with E-state index in [9.17, 15) is 9.59 Å². The van der Waals surface area contributed by atoms with Gasteiger partial charge in [0, 0.05) is 13.1 Å². The first kappa shape index (κ1) is 15.2. The van der Waals surface area contributed by atoms with E-state index in [-0.39, 0.29) is 18.9 Å². The van der Waals surface area contributed by atoms with Gasteiger partial charge in [0.2, 0.25) is 5.91 Å². The van der Waals surface area contributed by atoms with Gasteiger partial charge in [-0.2, -0.15) is 0 Å². The summed E-state index contributed by atoms with van der Waals surface area (Å²) in [5, 5.41) is 11.4. The minimum Gasteiger partial charge on any atom is -0.481 e. The first-order valence-corrected chi connectivity index (χ1v) is 6.36. The summed E-state index contributed by atoms with van der Waals surface area (Å²) in [5.41, 5.74) is 1.05. The summed E-state index contributed by atoms with van der Waals surface area (Å²) in [6.07, 6.45) is 0.0554. The van der Waals surface area contributed by atoms with Gasteiger partial charge in [-0.3, -0.25) is 14.5 Å². The number of carboxylic acid groups (broad SMARTS) is 1. The molecule has 0 aromatic heterocycles. The highest BCUT2D eigenvalue weighted by Crippen LogP contribution is 1.97. The lowest BCUT2D eigenvalue weighted by molar-refractivity contribution is -0.137. The van der Waals surface area contributed by atoms with Crippen molar-refractivity contribution in [3.63, 3.8) is 0 Å². The van der Waals surface area contributed by atoms with Crippen LogP contribution in [0.3, 0.4) is 0 Å². The summed E-state index contributed by atoms with van der Waals surface area (Å²) in [7, 11) is 0. The fourth-order valence-electron chi connectivity index (χ4n) is 1.66. The lowest BCUT2D eigenvalue weighted by Crippen LogP contribution is -2.37. The van der Waals surface area contributed by atoms with Gasteiger partial charge < -0.3 is 10.4 Å². The average molecular weight is 264 g/mol. The molecule has 0 radical (unpaired) electrons. The summed E-state index contributed by atoms with van der Waals surface area (Å²) >= 11 is 0. The molecule has 104 valence electrons. The van der Waals surface area contributed by atoms with Crippen LogP contribution in [0.1, 0.15) is 18.9 Å². The van der Waals surface area contributed by atoms with Gasteiger partial charge in [-0.05, 0) is 12.1 Å². The minimum absolute atomic E-state index is 0.0554. The predicted octanol–water partition coefficient (Wildman–Crippen LogP) is 1.10. The monoisotopic (exact) mass is 264 g/mol. The predicted molar refractivity (Wildman–Crippen MR) is 72.7 cm³/mol. The molecule has 0 unspecified atom stereocenters. The summed E-state index contributed by atoms with van der Waals surface area (Å²) in [5.74, 6) is -0.931. The molecule has 5 heteroatoms. The van der Waals surface area contributed by atoms with Crippen molar-refractivity contribution in [3.05, 3.63) is 35.9 Å². The van der Waals surface area contributed by atoms with Crippen LogP contribution in [0.2, 0.25) is 0 Å². The fraction of sp³-hybridized carbons (Fsp3) is 0.429. The maximum absolute atomic E-state index is 11.7. The Morgan fingerprint density at radius 3 is 2.53 bits per heavy atom. The second kappa shape index (κ2) is 8.26. The number of rotatable bonds is 8. The molecule has 1 aromatic carbocycles. The molecule has 0 aliphatic rings. The van der Waals surface area contributed by atoms with Crippen molar-refractivity contribution in [1.29, 1.82) is 0 Å². The molecule has 0 aliphatic heterocycles. The van der Waals surface area contributed by atoms with Gasteiger partial charge >= 0.3 is 5.97 Å². The zero-order valence-electron chi connectivity index (χ0n) is 11.1. The number of likely N-dealkylation sites (N-methyl/N-ethyl adjacent to an activating group) is 1. The molecular weight excluding hydrogens is 244 g/mol. The van der Waals surface area contributed by atoms with Gasteiger partial charge in [0.25, 0.3) is 0 Å². The Bertz CT molecular complexity index is 406. The van der Waals surface area contributed by atoms with Gasteiger partial charge in [-0.15, -0.1) is 0 Å². The Balaban J connectivity index is 2.30. The SMILES string of the molecule is CCN(CCC(=O)O)CC(=O)NCc1ccccc1. The average Bonchev–Trinajstić information content (AvgIpc) is 2.42. The molecule has 0 bridgehead atoms. The third-order valence-electron chi connectivity index (χ3n) is 2.79. The molecule has 0 atom stereocenters. The van der Waals surface area contributed by atoms with E-state index < -0.39 is 5.97 Å². The van der Waals surface area contributed by atoms with Gasteiger partial charge in [0.05, 0.1) is 13.0 Å². The van der Waals surface area contributed by atoms with Crippen LogP contribution in [0.4, 0.5) is 0 Å². The number of aliphatic carboxylic acids is 1.